The van der Waals surface area contributed by atoms with E-state index in [1.165, 1.54) is 0 Å². The van der Waals surface area contributed by atoms with Gasteiger partial charge in [-0.25, -0.2) is 14.5 Å². The van der Waals surface area contributed by atoms with Gasteiger partial charge in [-0.05, 0) is 12.1 Å². The highest BCUT2D eigenvalue weighted by Gasteiger charge is 2.04. The summed E-state index contributed by atoms with van der Waals surface area (Å²) in [6, 6.07) is 7.51. The van der Waals surface area contributed by atoms with E-state index in [4.69, 9.17) is 11.6 Å². The van der Waals surface area contributed by atoms with E-state index in [0.29, 0.717) is 10.8 Å². The third-order valence-electron chi connectivity index (χ3n) is 2.26. The van der Waals surface area contributed by atoms with Gasteiger partial charge in [-0.2, -0.15) is 5.10 Å². The number of imidazole rings is 1. The Bertz CT molecular complexity index is 597. The van der Waals surface area contributed by atoms with Gasteiger partial charge in [-0.1, -0.05) is 23.7 Å². The Morgan fingerprint density at radius 2 is 1.88 bits per heavy atom. The number of halogens is 1. The molecule has 0 spiro atoms. The summed E-state index contributed by atoms with van der Waals surface area (Å²) in [6.07, 6.45) is 5.08. The Labute approximate surface area is 96.5 Å². The third kappa shape index (κ3) is 1.53. The van der Waals surface area contributed by atoms with E-state index in [1.807, 2.05) is 30.5 Å². The minimum Gasteiger partial charge on any atom is -0.218 e. The van der Waals surface area contributed by atoms with Gasteiger partial charge in [0.05, 0.1) is 24.3 Å². The van der Waals surface area contributed by atoms with Crippen molar-refractivity contribution in [2.75, 3.05) is 0 Å². The SMILES string of the molecule is Clc1ccc(-c2cn3nccnc3n2)cc1. The van der Waals surface area contributed by atoms with E-state index < -0.39 is 0 Å². The number of hydrogen-bond donors (Lipinski definition) is 0. The van der Waals surface area contributed by atoms with Crippen molar-refractivity contribution in [1.82, 2.24) is 19.6 Å². The average molecular weight is 231 g/mol. The zero-order valence-corrected chi connectivity index (χ0v) is 8.96. The molecule has 0 radical (unpaired) electrons. The van der Waals surface area contributed by atoms with Crippen molar-refractivity contribution in [3.8, 4) is 11.3 Å². The van der Waals surface area contributed by atoms with Gasteiger partial charge >= 0.3 is 0 Å². The quantitative estimate of drug-likeness (QED) is 0.645. The molecular formula is C11H7ClN4. The average Bonchev–Trinajstić information content (AvgIpc) is 2.73. The highest BCUT2D eigenvalue weighted by atomic mass is 35.5. The summed E-state index contributed by atoms with van der Waals surface area (Å²) in [6.45, 7) is 0. The molecule has 3 aromatic rings. The van der Waals surface area contributed by atoms with Gasteiger partial charge in [-0.3, -0.25) is 0 Å². The van der Waals surface area contributed by atoms with E-state index in [-0.39, 0.29) is 0 Å². The first-order valence-electron chi connectivity index (χ1n) is 4.75. The molecule has 0 saturated carbocycles. The predicted molar refractivity (Wildman–Crippen MR) is 61.2 cm³/mol. The molecule has 4 nitrogen and oxygen atoms in total. The van der Waals surface area contributed by atoms with Gasteiger partial charge in [0.15, 0.2) is 0 Å². The van der Waals surface area contributed by atoms with Crippen molar-refractivity contribution in [2.24, 2.45) is 0 Å². The van der Waals surface area contributed by atoms with Crippen molar-refractivity contribution in [3.63, 3.8) is 0 Å². The molecule has 0 aliphatic carbocycles. The topological polar surface area (TPSA) is 43.1 Å². The van der Waals surface area contributed by atoms with Gasteiger partial charge in [0.25, 0.3) is 5.78 Å². The Kier molecular flexibility index (Phi) is 2.08. The van der Waals surface area contributed by atoms with Crippen LogP contribution in [0, 0.1) is 0 Å². The molecule has 0 fully saturated rings. The minimum absolute atomic E-state index is 0.590. The number of fused-ring (bicyclic) bond motifs is 1. The van der Waals surface area contributed by atoms with Crippen LogP contribution in [-0.2, 0) is 0 Å². The number of benzene rings is 1. The molecule has 1 aromatic carbocycles. The number of rotatable bonds is 1. The lowest BCUT2D eigenvalue weighted by Crippen LogP contribution is -1.89. The Morgan fingerprint density at radius 3 is 2.62 bits per heavy atom. The molecule has 16 heavy (non-hydrogen) atoms. The second-order valence-electron chi connectivity index (χ2n) is 3.32. The van der Waals surface area contributed by atoms with Gasteiger partial charge in [-0.15, -0.1) is 0 Å². The smallest absolute Gasteiger partial charge is 0.218 e. The fourth-order valence-electron chi connectivity index (χ4n) is 1.50. The second-order valence-corrected chi connectivity index (χ2v) is 3.76. The largest absolute Gasteiger partial charge is 0.251 e. The van der Waals surface area contributed by atoms with E-state index in [9.17, 15) is 0 Å². The van der Waals surface area contributed by atoms with Gasteiger partial charge in [0.1, 0.15) is 0 Å². The molecule has 0 N–H and O–H groups in total. The summed E-state index contributed by atoms with van der Waals surface area (Å²) in [5.41, 5.74) is 1.83. The fourth-order valence-corrected chi connectivity index (χ4v) is 1.62. The zero-order valence-electron chi connectivity index (χ0n) is 8.21. The first-order valence-corrected chi connectivity index (χ1v) is 5.13. The predicted octanol–water partition coefficient (Wildman–Crippen LogP) is 2.44. The van der Waals surface area contributed by atoms with Gasteiger partial charge in [0.2, 0.25) is 0 Å². The normalized spacial score (nSPS) is 10.8. The first-order chi connectivity index (χ1) is 7.83. The molecule has 0 unspecified atom stereocenters. The molecule has 0 atom stereocenters. The number of aromatic nitrogens is 4. The summed E-state index contributed by atoms with van der Waals surface area (Å²) in [5.74, 6) is 0.590. The van der Waals surface area contributed by atoms with E-state index in [1.54, 1.807) is 16.9 Å². The van der Waals surface area contributed by atoms with Gasteiger partial charge < -0.3 is 0 Å². The highest BCUT2D eigenvalue weighted by Crippen LogP contribution is 2.20. The molecular weight excluding hydrogens is 224 g/mol. The van der Waals surface area contributed by atoms with E-state index >= 15 is 0 Å². The highest BCUT2D eigenvalue weighted by molar-refractivity contribution is 6.30. The van der Waals surface area contributed by atoms with Crippen molar-refractivity contribution in [2.45, 2.75) is 0 Å². The van der Waals surface area contributed by atoms with Crippen molar-refractivity contribution in [3.05, 3.63) is 47.9 Å². The standard InChI is InChI=1S/C11H7ClN4/c12-9-3-1-8(2-4-9)10-7-16-11(15-10)13-5-6-14-16/h1-7H. The number of nitrogens with zero attached hydrogens (tertiary/aromatic N) is 4. The maximum atomic E-state index is 5.83. The number of hydrogen-bond acceptors (Lipinski definition) is 3. The lowest BCUT2D eigenvalue weighted by atomic mass is 10.2. The van der Waals surface area contributed by atoms with Crippen LogP contribution in [-0.4, -0.2) is 19.6 Å². The van der Waals surface area contributed by atoms with Crippen LogP contribution in [0.1, 0.15) is 0 Å². The van der Waals surface area contributed by atoms with Crippen molar-refractivity contribution in [1.29, 1.82) is 0 Å². The Balaban J connectivity index is 2.15. The van der Waals surface area contributed by atoms with Crippen molar-refractivity contribution >= 4 is 17.4 Å². The third-order valence-corrected chi connectivity index (χ3v) is 2.51. The summed E-state index contributed by atoms with van der Waals surface area (Å²) >= 11 is 5.83. The molecule has 5 heteroatoms. The molecule has 0 amide bonds. The lowest BCUT2D eigenvalue weighted by molar-refractivity contribution is 0.902. The fraction of sp³-hybridized carbons (Fsp3) is 0. The Hall–Kier alpha value is -1.94. The maximum Gasteiger partial charge on any atom is 0.251 e. The van der Waals surface area contributed by atoms with E-state index in [2.05, 4.69) is 15.1 Å². The minimum atomic E-state index is 0.590. The molecule has 0 saturated heterocycles. The summed E-state index contributed by atoms with van der Waals surface area (Å²) < 4.78 is 1.64. The summed E-state index contributed by atoms with van der Waals surface area (Å²) in [7, 11) is 0. The first kappa shape index (κ1) is 9.30. The molecule has 78 valence electrons. The molecule has 2 heterocycles. The summed E-state index contributed by atoms with van der Waals surface area (Å²) in [5, 5.41) is 4.82. The maximum absolute atomic E-state index is 5.83. The molecule has 3 rings (SSSR count). The molecule has 0 aliphatic heterocycles. The summed E-state index contributed by atoms with van der Waals surface area (Å²) in [4.78, 5) is 8.47. The van der Waals surface area contributed by atoms with Gasteiger partial charge in [0, 0.05) is 10.6 Å². The monoisotopic (exact) mass is 230 g/mol. The molecule has 0 bridgehead atoms. The molecule has 2 aromatic heterocycles. The molecule has 0 aliphatic rings. The lowest BCUT2D eigenvalue weighted by Gasteiger charge is -1.94. The second kappa shape index (κ2) is 3.57. The van der Waals surface area contributed by atoms with Crippen LogP contribution in [0.15, 0.2) is 42.9 Å². The van der Waals surface area contributed by atoms with Crippen LogP contribution in [0.2, 0.25) is 5.02 Å². The van der Waals surface area contributed by atoms with Crippen LogP contribution >= 0.6 is 11.6 Å². The van der Waals surface area contributed by atoms with Crippen LogP contribution in [0.3, 0.4) is 0 Å². The van der Waals surface area contributed by atoms with Crippen molar-refractivity contribution < 1.29 is 0 Å². The van der Waals surface area contributed by atoms with E-state index in [0.717, 1.165) is 11.3 Å². The van der Waals surface area contributed by atoms with Crippen LogP contribution < -0.4 is 0 Å². The van der Waals surface area contributed by atoms with Crippen LogP contribution in [0.25, 0.3) is 17.0 Å². The Morgan fingerprint density at radius 1 is 1.06 bits per heavy atom. The van der Waals surface area contributed by atoms with Crippen LogP contribution in [0.4, 0.5) is 0 Å². The zero-order chi connectivity index (χ0) is 11.0. The van der Waals surface area contributed by atoms with Crippen LogP contribution in [0.5, 0.6) is 0 Å².